The zero-order valence-electron chi connectivity index (χ0n) is 19.3. The molecule has 2 aliphatic heterocycles. The predicted octanol–water partition coefficient (Wildman–Crippen LogP) is 5.31. The van der Waals surface area contributed by atoms with Gasteiger partial charge in [-0.05, 0) is 67.8 Å². The minimum absolute atomic E-state index is 0.0379. The number of carbonyl (C=O) groups excluding carboxylic acids is 2. The normalized spacial score (nSPS) is 26.9. The first-order valence-corrected chi connectivity index (χ1v) is 12.6. The molecular weight excluding hydrogens is 453 g/mol. The SMILES string of the molecule is CC1=C2[C@@H](CC/C(C)=C/c3ccc(O)c(F)c3)OC[C@@H]2[C@@H]2C(=O)N(Cc3cccs3)C(=O)[C@@H]2C1. The standard InChI is InChI=1S/C27H28FNO4S/c1-15(10-17-6-7-22(30)21(28)12-17)5-8-23-24-16(2)11-19-25(20(24)14-33-23)27(32)29(26(19)31)13-18-4-3-9-34-18/h3-4,6-7,9-10,12,19-20,23,25,30H,5,8,11,13-14H2,1-2H3/b15-10+/t19-,20+,23-,25-/m1/s1. The number of thiophene rings is 1. The summed E-state index contributed by atoms with van der Waals surface area (Å²) >= 11 is 1.56. The summed E-state index contributed by atoms with van der Waals surface area (Å²) in [5.41, 5.74) is 4.16. The maximum absolute atomic E-state index is 13.6. The Kier molecular flexibility index (Phi) is 6.16. The third kappa shape index (κ3) is 4.12. The van der Waals surface area contributed by atoms with Crippen molar-refractivity contribution in [3.8, 4) is 5.75 Å². The van der Waals surface area contributed by atoms with E-state index >= 15 is 0 Å². The number of ether oxygens (including phenoxy) is 1. The number of aromatic hydroxyl groups is 1. The number of amides is 2. The largest absolute Gasteiger partial charge is 0.505 e. The van der Waals surface area contributed by atoms with Crippen LogP contribution < -0.4 is 0 Å². The Morgan fingerprint density at radius 1 is 1.26 bits per heavy atom. The van der Waals surface area contributed by atoms with Gasteiger partial charge in [0.1, 0.15) is 0 Å². The lowest BCUT2D eigenvalue weighted by atomic mass is 9.70. The Morgan fingerprint density at radius 3 is 2.82 bits per heavy atom. The van der Waals surface area contributed by atoms with Crippen LogP contribution in [0, 0.1) is 23.6 Å². The molecule has 0 spiro atoms. The van der Waals surface area contributed by atoms with Crippen LogP contribution in [0.1, 0.15) is 43.6 Å². The molecule has 0 unspecified atom stereocenters. The number of hydrogen-bond acceptors (Lipinski definition) is 5. The Labute approximate surface area is 202 Å². The molecule has 2 saturated heterocycles. The number of hydrogen-bond donors (Lipinski definition) is 1. The van der Waals surface area contributed by atoms with Crippen LogP contribution in [-0.4, -0.2) is 34.5 Å². The summed E-state index contributed by atoms with van der Waals surface area (Å²) in [6.07, 6.45) is 3.99. The molecule has 7 heteroatoms. The van der Waals surface area contributed by atoms with Crippen molar-refractivity contribution in [2.45, 2.75) is 45.8 Å². The van der Waals surface area contributed by atoms with Crippen molar-refractivity contribution in [2.75, 3.05) is 6.61 Å². The van der Waals surface area contributed by atoms with Crippen LogP contribution in [0.5, 0.6) is 5.75 Å². The molecule has 0 saturated carbocycles. The van der Waals surface area contributed by atoms with E-state index in [-0.39, 0.29) is 41.4 Å². The number of nitrogens with zero attached hydrogens (tertiary/aromatic N) is 1. The Bertz CT molecular complexity index is 1190. The van der Waals surface area contributed by atoms with Gasteiger partial charge in [-0.3, -0.25) is 14.5 Å². The lowest BCUT2D eigenvalue weighted by Gasteiger charge is -2.30. The molecule has 2 aromatic rings. The van der Waals surface area contributed by atoms with Crippen LogP contribution in [0.15, 0.2) is 52.4 Å². The number of imide groups is 1. The Morgan fingerprint density at radius 2 is 2.09 bits per heavy atom. The molecule has 1 N–H and O–H groups in total. The highest BCUT2D eigenvalue weighted by Gasteiger charge is 2.56. The highest BCUT2D eigenvalue weighted by Crippen LogP contribution is 2.50. The maximum Gasteiger partial charge on any atom is 0.234 e. The number of phenolic OH excluding ortho intramolecular Hbond substituents is 1. The summed E-state index contributed by atoms with van der Waals surface area (Å²) in [6, 6.07) is 8.25. The van der Waals surface area contributed by atoms with E-state index in [1.165, 1.54) is 28.2 Å². The van der Waals surface area contributed by atoms with Crippen LogP contribution in [0.2, 0.25) is 0 Å². The van der Waals surface area contributed by atoms with E-state index in [1.54, 1.807) is 17.4 Å². The molecular formula is C27H28FNO4S. The van der Waals surface area contributed by atoms with Crippen LogP contribution in [0.4, 0.5) is 4.39 Å². The third-order valence-corrected chi connectivity index (χ3v) is 8.18. The fourth-order valence-electron chi connectivity index (χ4n) is 5.74. The minimum Gasteiger partial charge on any atom is -0.505 e. The van der Waals surface area contributed by atoms with Crippen molar-refractivity contribution in [3.63, 3.8) is 0 Å². The monoisotopic (exact) mass is 481 g/mol. The number of allylic oxidation sites excluding steroid dienone is 2. The molecule has 1 aliphatic carbocycles. The van der Waals surface area contributed by atoms with Crippen LogP contribution in [-0.2, 0) is 20.9 Å². The quantitative estimate of drug-likeness (QED) is 0.448. The zero-order valence-corrected chi connectivity index (χ0v) is 20.1. The lowest BCUT2D eigenvalue weighted by molar-refractivity contribution is -0.140. The summed E-state index contributed by atoms with van der Waals surface area (Å²) in [6.45, 7) is 4.89. The summed E-state index contributed by atoms with van der Waals surface area (Å²) in [5.74, 6) is -1.75. The molecule has 4 atom stereocenters. The predicted molar refractivity (Wildman–Crippen MR) is 128 cm³/mol. The smallest absolute Gasteiger partial charge is 0.234 e. The van der Waals surface area contributed by atoms with E-state index in [0.717, 1.165) is 23.3 Å². The minimum atomic E-state index is -0.634. The number of phenols is 1. The molecule has 0 bridgehead atoms. The average Bonchev–Trinajstić information content (AvgIpc) is 3.52. The fraction of sp³-hybridized carbons (Fsp3) is 0.407. The van der Waals surface area contributed by atoms with Gasteiger partial charge in [-0.2, -0.15) is 0 Å². The second kappa shape index (κ2) is 9.12. The summed E-state index contributed by atoms with van der Waals surface area (Å²) in [5, 5.41) is 11.3. The van der Waals surface area contributed by atoms with E-state index in [4.69, 9.17) is 4.74 Å². The average molecular weight is 482 g/mol. The number of benzene rings is 1. The molecule has 178 valence electrons. The molecule has 2 amide bonds. The molecule has 1 aromatic heterocycles. The van der Waals surface area contributed by atoms with Crippen molar-refractivity contribution >= 4 is 29.2 Å². The van der Waals surface area contributed by atoms with Crippen LogP contribution >= 0.6 is 11.3 Å². The van der Waals surface area contributed by atoms with E-state index in [1.807, 2.05) is 30.5 Å². The van der Waals surface area contributed by atoms with E-state index in [2.05, 4.69) is 6.92 Å². The van der Waals surface area contributed by atoms with Gasteiger partial charge < -0.3 is 9.84 Å². The van der Waals surface area contributed by atoms with Crippen molar-refractivity contribution in [3.05, 3.63) is 68.7 Å². The van der Waals surface area contributed by atoms with Gasteiger partial charge in [0.05, 0.1) is 31.1 Å². The fourth-order valence-corrected chi connectivity index (χ4v) is 6.43. The van der Waals surface area contributed by atoms with Crippen LogP contribution in [0.25, 0.3) is 6.08 Å². The van der Waals surface area contributed by atoms with E-state index in [9.17, 15) is 19.1 Å². The lowest BCUT2D eigenvalue weighted by Crippen LogP contribution is -2.34. The second-order valence-corrected chi connectivity index (χ2v) is 10.6. The van der Waals surface area contributed by atoms with Crippen molar-refractivity contribution in [1.82, 2.24) is 4.90 Å². The van der Waals surface area contributed by atoms with Gasteiger partial charge in [-0.25, -0.2) is 4.39 Å². The Hall–Kier alpha value is -2.77. The van der Waals surface area contributed by atoms with Gasteiger partial charge in [-0.15, -0.1) is 11.3 Å². The van der Waals surface area contributed by atoms with Gasteiger partial charge >= 0.3 is 0 Å². The maximum atomic E-state index is 13.6. The highest BCUT2D eigenvalue weighted by molar-refractivity contribution is 7.09. The van der Waals surface area contributed by atoms with Crippen molar-refractivity contribution < 1.29 is 23.8 Å². The number of halogens is 1. The number of carbonyl (C=O) groups is 2. The van der Waals surface area contributed by atoms with Crippen LogP contribution in [0.3, 0.4) is 0 Å². The molecule has 5 rings (SSSR count). The molecule has 1 aromatic carbocycles. The first-order chi connectivity index (χ1) is 16.3. The van der Waals surface area contributed by atoms with Gasteiger partial charge in [0, 0.05) is 10.8 Å². The molecule has 34 heavy (non-hydrogen) atoms. The van der Waals surface area contributed by atoms with Gasteiger partial charge in [-0.1, -0.05) is 29.4 Å². The first-order valence-electron chi connectivity index (χ1n) is 11.7. The zero-order chi connectivity index (χ0) is 24.0. The first kappa shape index (κ1) is 23.0. The second-order valence-electron chi connectivity index (χ2n) is 9.58. The highest BCUT2D eigenvalue weighted by atomic mass is 32.1. The van der Waals surface area contributed by atoms with E-state index < -0.39 is 5.82 Å². The molecule has 3 heterocycles. The third-order valence-electron chi connectivity index (χ3n) is 7.32. The molecule has 5 nitrogen and oxygen atoms in total. The van der Waals surface area contributed by atoms with E-state index in [0.29, 0.717) is 25.1 Å². The topological polar surface area (TPSA) is 66.8 Å². The molecule has 3 aliphatic rings. The number of fused-ring (bicyclic) bond motifs is 3. The Balaban J connectivity index is 1.29. The number of likely N-dealkylation sites (tertiary alicyclic amines) is 1. The van der Waals surface area contributed by atoms with Gasteiger partial charge in [0.25, 0.3) is 0 Å². The summed E-state index contributed by atoms with van der Waals surface area (Å²) in [7, 11) is 0. The number of rotatable bonds is 6. The van der Waals surface area contributed by atoms with Gasteiger partial charge in [0.15, 0.2) is 11.6 Å². The van der Waals surface area contributed by atoms with Crippen molar-refractivity contribution in [2.24, 2.45) is 17.8 Å². The molecule has 0 radical (unpaired) electrons. The van der Waals surface area contributed by atoms with Gasteiger partial charge in [0.2, 0.25) is 11.8 Å². The summed E-state index contributed by atoms with van der Waals surface area (Å²) in [4.78, 5) is 28.9. The summed E-state index contributed by atoms with van der Waals surface area (Å²) < 4.78 is 19.8. The molecule has 2 fully saturated rings. The van der Waals surface area contributed by atoms with Crippen molar-refractivity contribution in [1.29, 1.82) is 0 Å².